The van der Waals surface area contributed by atoms with Gasteiger partial charge in [-0.05, 0) is 36.1 Å². The number of carbonyl (C=O) groups is 1. The zero-order valence-electron chi connectivity index (χ0n) is 14.1. The average Bonchev–Trinajstić information content (AvgIpc) is 3.38. The first-order chi connectivity index (χ1) is 12.8. The molecule has 0 atom stereocenters. The SMILES string of the molecule is O=C(NCCCn1cccn1)c1cc(-c2cccs2)nc2ccccc12. The van der Waals surface area contributed by atoms with Crippen molar-refractivity contribution in [2.24, 2.45) is 0 Å². The lowest BCUT2D eigenvalue weighted by molar-refractivity contribution is 0.0954. The third-order valence-electron chi connectivity index (χ3n) is 4.14. The second-order valence-corrected chi connectivity index (χ2v) is 6.88. The van der Waals surface area contributed by atoms with Gasteiger partial charge in [0.1, 0.15) is 0 Å². The van der Waals surface area contributed by atoms with Gasteiger partial charge >= 0.3 is 0 Å². The maximum Gasteiger partial charge on any atom is 0.252 e. The topological polar surface area (TPSA) is 59.8 Å². The molecule has 4 aromatic rings. The molecule has 3 heterocycles. The van der Waals surface area contributed by atoms with Crippen LogP contribution in [0.4, 0.5) is 0 Å². The number of nitrogens with zero attached hydrogens (tertiary/aromatic N) is 3. The van der Waals surface area contributed by atoms with Crippen molar-refractivity contribution in [2.45, 2.75) is 13.0 Å². The first kappa shape index (κ1) is 16.5. The Labute approximate surface area is 155 Å². The molecule has 0 fully saturated rings. The molecule has 0 radical (unpaired) electrons. The van der Waals surface area contributed by atoms with E-state index in [0.717, 1.165) is 34.4 Å². The van der Waals surface area contributed by atoms with E-state index in [0.29, 0.717) is 12.1 Å². The highest BCUT2D eigenvalue weighted by Crippen LogP contribution is 2.27. The normalized spacial score (nSPS) is 10.9. The number of para-hydroxylation sites is 1. The van der Waals surface area contributed by atoms with Crippen molar-refractivity contribution in [3.05, 3.63) is 71.9 Å². The molecule has 0 spiro atoms. The number of aryl methyl sites for hydroxylation is 1. The second kappa shape index (κ2) is 7.49. The molecule has 26 heavy (non-hydrogen) atoms. The van der Waals surface area contributed by atoms with Crippen LogP contribution >= 0.6 is 11.3 Å². The average molecular weight is 362 g/mol. The van der Waals surface area contributed by atoms with E-state index < -0.39 is 0 Å². The van der Waals surface area contributed by atoms with Crippen LogP contribution in [0.1, 0.15) is 16.8 Å². The lowest BCUT2D eigenvalue weighted by atomic mass is 10.1. The van der Waals surface area contributed by atoms with Gasteiger partial charge in [-0.1, -0.05) is 24.3 Å². The van der Waals surface area contributed by atoms with Crippen LogP contribution in [0, 0.1) is 0 Å². The summed E-state index contributed by atoms with van der Waals surface area (Å²) in [6.07, 6.45) is 4.51. The zero-order valence-corrected chi connectivity index (χ0v) is 14.9. The lowest BCUT2D eigenvalue weighted by Crippen LogP contribution is -2.25. The third kappa shape index (κ3) is 3.50. The van der Waals surface area contributed by atoms with Crippen molar-refractivity contribution in [3.63, 3.8) is 0 Å². The summed E-state index contributed by atoms with van der Waals surface area (Å²) in [5, 5.41) is 10.1. The van der Waals surface area contributed by atoms with Gasteiger partial charge in [-0.25, -0.2) is 4.98 Å². The minimum absolute atomic E-state index is 0.0677. The molecule has 0 aliphatic rings. The van der Waals surface area contributed by atoms with E-state index in [2.05, 4.69) is 10.4 Å². The number of carbonyl (C=O) groups excluding carboxylic acids is 1. The fourth-order valence-electron chi connectivity index (χ4n) is 2.88. The number of hydrogen-bond donors (Lipinski definition) is 1. The van der Waals surface area contributed by atoms with Gasteiger partial charge < -0.3 is 5.32 Å². The van der Waals surface area contributed by atoms with E-state index in [9.17, 15) is 4.79 Å². The Hall–Kier alpha value is -2.99. The molecule has 130 valence electrons. The summed E-state index contributed by atoms with van der Waals surface area (Å²) in [6.45, 7) is 1.38. The van der Waals surface area contributed by atoms with Crippen LogP contribution in [-0.2, 0) is 6.54 Å². The summed E-state index contributed by atoms with van der Waals surface area (Å²) in [6, 6.07) is 15.6. The standard InChI is InChI=1S/C20H18N4OS/c25-20(21-9-4-11-24-12-5-10-22-24)16-14-18(19-8-3-13-26-19)23-17-7-2-1-6-15(16)17/h1-3,5-8,10,12-14H,4,9,11H2,(H,21,25). The Balaban J connectivity index is 1.55. The van der Waals surface area contributed by atoms with E-state index in [1.54, 1.807) is 17.5 Å². The van der Waals surface area contributed by atoms with Crippen molar-refractivity contribution < 1.29 is 4.79 Å². The molecule has 3 aromatic heterocycles. The largest absolute Gasteiger partial charge is 0.352 e. The smallest absolute Gasteiger partial charge is 0.252 e. The maximum absolute atomic E-state index is 12.8. The molecule has 4 rings (SSSR count). The summed E-state index contributed by atoms with van der Waals surface area (Å²) >= 11 is 1.62. The first-order valence-corrected chi connectivity index (χ1v) is 9.38. The molecule has 1 aromatic carbocycles. The predicted molar refractivity (Wildman–Crippen MR) is 104 cm³/mol. The molecule has 0 bridgehead atoms. The van der Waals surface area contributed by atoms with Crippen LogP contribution in [0.2, 0.25) is 0 Å². The Kier molecular flexibility index (Phi) is 4.75. The second-order valence-electron chi connectivity index (χ2n) is 5.93. The van der Waals surface area contributed by atoms with E-state index in [4.69, 9.17) is 4.98 Å². The zero-order chi connectivity index (χ0) is 17.8. The van der Waals surface area contributed by atoms with E-state index >= 15 is 0 Å². The first-order valence-electron chi connectivity index (χ1n) is 8.50. The Morgan fingerprint density at radius 2 is 2.08 bits per heavy atom. The maximum atomic E-state index is 12.8. The molecule has 6 heteroatoms. The number of thiophene rings is 1. The molecular formula is C20H18N4OS. The molecule has 1 N–H and O–H groups in total. The third-order valence-corrected chi connectivity index (χ3v) is 5.04. The van der Waals surface area contributed by atoms with Crippen LogP contribution < -0.4 is 5.32 Å². The number of benzene rings is 1. The minimum Gasteiger partial charge on any atom is -0.352 e. The van der Waals surface area contributed by atoms with Crippen molar-refractivity contribution in [2.75, 3.05) is 6.54 Å². The summed E-state index contributed by atoms with van der Waals surface area (Å²) in [5.74, 6) is -0.0677. The van der Waals surface area contributed by atoms with Gasteiger partial charge in [0.2, 0.25) is 0 Å². The monoisotopic (exact) mass is 362 g/mol. The van der Waals surface area contributed by atoms with Crippen molar-refractivity contribution >= 4 is 28.1 Å². The highest BCUT2D eigenvalue weighted by molar-refractivity contribution is 7.13. The Bertz CT molecular complexity index is 1010. The lowest BCUT2D eigenvalue weighted by Gasteiger charge is -2.10. The molecular weight excluding hydrogens is 344 g/mol. The Morgan fingerprint density at radius 1 is 1.15 bits per heavy atom. The van der Waals surface area contributed by atoms with Crippen LogP contribution in [0.3, 0.4) is 0 Å². The molecule has 0 aliphatic heterocycles. The summed E-state index contributed by atoms with van der Waals surface area (Å²) in [5.41, 5.74) is 2.33. The molecule has 0 aliphatic carbocycles. The molecule has 5 nitrogen and oxygen atoms in total. The van der Waals surface area contributed by atoms with E-state index in [-0.39, 0.29) is 5.91 Å². The number of aromatic nitrogens is 3. The molecule has 0 saturated carbocycles. The highest BCUT2D eigenvalue weighted by atomic mass is 32.1. The van der Waals surface area contributed by atoms with Crippen LogP contribution in [0.5, 0.6) is 0 Å². The number of rotatable bonds is 6. The van der Waals surface area contributed by atoms with Crippen molar-refractivity contribution in [1.82, 2.24) is 20.1 Å². The molecule has 1 amide bonds. The minimum atomic E-state index is -0.0677. The number of fused-ring (bicyclic) bond motifs is 1. The highest BCUT2D eigenvalue weighted by Gasteiger charge is 2.14. The van der Waals surface area contributed by atoms with E-state index in [1.165, 1.54) is 0 Å². The van der Waals surface area contributed by atoms with Gasteiger partial charge in [0.25, 0.3) is 5.91 Å². The number of nitrogens with one attached hydrogen (secondary N) is 1. The summed E-state index contributed by atoms with van der Waals surface area (Å²) < 4.78 is 1.86. The van der Waals surface area contributed by atoms with Gasteiger partial charge in [0, 0.05) is 30.9 Å². The van der Waals surface area contributed by atoms with Crippen LogP contribution in [0.25, 0.3) is 21.5 Å². The van der Waals surface area contributed by atoms with Gasteiger partial charge in [0.05, 0.1) is 21.7 Å². The number of hydrogen-bond acceptors (Lipinski definition) is 4. The van der Waals surface area contributed by atoms with Crippen LogP contribution in [0.15, 0.2) is 66.3 Å². The predicted octanol–water partition coefficient (Wildman–Crippen LogP) is 3.98. The van der Waals surface area contributed by atoms with Gasteiger partial charge in [0.15, 0.2) is 0 Å². The van der Waals surface area contributed by atoms with Crippen molar-refractivity contribution in [1.29, 1.82) is 0 Å². The number of amides is 1. The van der Waals surface area contributed by atoms with E-state index in [1.807, 2.05) is 64.8 Å². The quantitative estimate of drug-likeness (QED) is 0.528. The van der Waals surface area contributed by atoms with Crippen LogP contribution in [-0.4, -0.2) is 27.2 Å². The van der Waals surface area contributed by atoms with Gasteiger partial charge in [-0.15, -0.1) is 11.3 Å². The fourth-order valence-corrected chi connectivity index (χ4v) is 3.57. The van der Waals surface area contributed by atoms with Gasteiger partial charge in [-0.2, -0.15) is 5.10 Å². The van der Waals surface area contributed by atoms with Crippen molar-refractivity contribution in [3.8, 4) is 10.6 Å². The summed E-state index contributed by atoms with van der Waals surface area (Å²) in [4.78, 5) is 18.6. The molecule has 0 unspecified atom stereocenters. The fraction of sp³-hybridized carbons (Fsp3) is 0.150. The summed E-state index contributed by atoms with van der Waals surface area (Å²) in [7, 11) is 0. The Morgan fingerprint density at radius 3 is 2.88 bits per heavy atom. The van der Waals surface area contributed by atoms with Gasteiger partial charge in [-0.3, -0.25) is 9.48 Å². The number of pyridine rings is 1. The molecule has 0 saturated heterocycles.